The number of hydrazine groups is 1. The van der Waals surface area contributed by atoms with Crippen molar-refractivity contribution in [1.82, 2.24) is 5.43 Å². The number of nitrogens with one attached hydrogen (secondary N) is 1. The predicted molar refractivity (Wildman–Crippen MR) is 82.9 cm³/mol. The molecule has 2 aromatic rings. The number of halogens is 1. The fraction of sp³-hybridized carbons (Fsp3) is 0.200. The van der Waals surface area contributed by atoms with Gasteiger partial charge < -0.3 is 9.47 Å². The van der Waals surface area contributed by atoms with Crippen LogP contribution in [0.2, 0.25) is 0 Å². The lowest BCUT2D eigenvalue weighted by Crippen LogP contribution is -2.28. The smallest absolute Gasteiger partial charge is 0.161 e. The summed E-state index contributed by atoms with van der Waals surface area (Å²) in [7, 11) is 3.23. The minimum Gasteiger partial charge on any atom is -0.493 e. The van der Waals surface area contributed by atoms with E-state index in [-0.39, 0.29) is 6.04 Å². The fourth-order valence-corrected chi connectivity index (χ4v) is 2.52. The molecule has 0 aliphatic heterocycles. The summed E-state index contributed by atoms with van der Waals surface area (Å²) in [4.78, 5) is 0. The van der Waals surface area contributed by atoms with Gasteiger partial charge in [-0.05, 0) is 35.4 Å². The molecule has 1 atom stereocenters. The topological polar surface area (TPSA) is 56.5 Å². The van der Waals surface area contributed by atoms with Crippen LogP contribution in [0.3, 0.4) is 0 Å². The molecule has 20 heavy (non-hydrogen) atoms. The SMILES string of the molecule is COc1ccc(C(NN)c2cccc(Br)c2)cc1OC. The Labute approximate surface area is 127 Å². The van der Waals surface area contributed by atoms with Gasteiger partial charge in [0.2, 0.25) is 0 Å². The van der Waals surface area contributed by atoms with Crippen LogP contribution in [-0.4, -0.2) is 14.2 Å². The molecule has 2 rings (SSSR count). The molecular weight excluding hydrogens is 320 g/mol. The molecule has 0 heterocycles. The monoisotopic (exact) mass is 336 g/mol. The third-order valence-corrected chi connectivity index (χ3v) is 3.58. The average Bonchev–Trinajstić information content (AvgIpc) is 2.48. The summed E-state index contributed by atoms with van der Waals surface area (Å²) in [5, 5.41) is 0. The van der Waals surface area contributed by atoms with Crippen LogP contribution in [0.5, 0.6) is 11.5 Å². The maximum atomic E-state index is 5.71. The molecule has 0 amide bonds. The van der Waals surface area contributed by atoms with E-state index in [1.807, 2.05) is 42.5 Å². The molecule has 0 saturated carbocycles. The highest BCUT2D eigenvalue weighted by atomic mass is 79.9. The van der Waals surface area contributed by atoms with Gasteiger partial charge in [0.15, 0.2) is 11.5 Å². The summed E-state index contributed by atoms with van der Waals surface area (Å²) in [6.45, 7) is 0. The number of hydrogen-bond donors (Lipinski definition) is 2. The lowest BCUT2D eigenvalue weighted by atomic mass is 9.99. The first-order valence-electron chi connectivity index (χ1n) is 6.13. The van der Waals surface area contributed by atoms with Gasteiger partial charge in [-0.2, -0.15) is 0 Å². The number of methoxy groups -OCH3 is 2. The molecular formula is C15H17BrN2O2. The van der Waals surface area contributed by atoms with E-state index < -0.39 is 0 Å². The van der Waals surface area contributed by atoms with Gasteiger partial charge in [-0.15, -0.1) is 0 Å². The van der Waals surface area contributed by atoms with Crippen LogP contribution in [0.1, 0.15) is 17.2 Å². The predicted octanol–water partition coefficient (Wildman–Crippen LogP) is 3.02. The van der Waals surface area contributed by atoms with Crippen LogP contribution in [0.4, 0.5) is 0 Å². The Morgan fingerprint density at radius 3 is 2.30 bits per heavy atom. The second-order valence-electron chi connectivity index (χ2n) is 4.27. The van der Waals surface area contributed by atoms with Gasteiger partial charge in [-0.25, -0.2) is 5.43 Å². The number of ether oxygens (including phenoxy) is 2. The molecule has 0 aliphatic carbocycles. The van der Waals surface area contributed by atoms with Gasteiger partial charge in [0.1, 0.15) is 0 Å². The van der Waals surface area contributed by atoms with Crippen LogP contribution < -0.4 is 20.7 Å². The van der Waals surface area contributed by atoms with Gasteiger partial charge in [-0.3, -0.25) is 5.84 Å². The number of hydrogen-bond acceptors (Lipinski definition) is 4. The van der Waals surface area contributed by atoms with Gasteiger partial charge in [-0.1, -0.05) is 34.1 Å². The van der Waals surface area contributed by atoms with Crippen molar-refractivity contribution in [3.05, 3.63) is 58.1 Å². The molecule has 0 saturated heterocycles. The Morgan fingerprint density at radius 2 is 1.70 bits per heavy atom. The van der Waals surface area contributed by atoms with E-state index in [4.69, 9.17) is 15.3 Å². The van der Waals surface area contributed by atoms with Crippen molar-refractivity contribution in [1.29, 1.82) is 0 Å². The Kier molecular flexibility index (Phi) is 5.00. The Bertz CT molecular complexity index is 590. The summed E-state index contributed by atoms with van der Waals surface area (Å²) in [5.41, 5.74) is 4.90. The Hall–Kier alpha value is -1.56. The van der Waals surface area contributed by atoms with Crippen molar-refractivity contribution >= 4 is 15.9 Å². The average molecular weight is 337 g/mol. The van der Waals surface area contributed by atoms with Crippen LogP contribution in [0.15, 0.2) is 46.9 Å². The molecule has 5 heteroatoms. The van der Waals surface area contributed by atoms with Crippen molar-refractivity contribution in [2.24, 2.45) is 5.84 Å². The highest BCUT2D eigenvalue weighted by molar-refractivity contribution is 9.10. The second-order valence-corrected chi connectivity index (χ2v) is 5.18. The van der Waals surface area contributed by atoms with E-state index in [2.05, 4.69) is 21.4 Å². The van der Waals surface area contributed by atoms with Crippen molar-refractivity contribution < 1.29 is 9.47 Å². The largest absolute Gasteiger partial charge is 0.493 e. The zero-order chi connectivity index (χ0) is 14.5. The van der Waals surface area contributed by atoms with E-state index in [0.717, 1.165) is 15.6 Å². The highest BCUT2D eigenvalue weighted by Gasteiger charge is 2.15. The molecule has 4 nitrogen and oxygen atoms in total. The van der Waals surface area contributed by atoms with E-state index >= 15 is 0 Å². The van der Waals surface area contributed by atoms with Gasteiger partial charge in [0, 0.05) is 4.47 Å². The lowest BCUT2D eigenvalue weighted by Gasteiger charge is -2.19. The molecule has 2 aromatic carbocycles. The van der Waals surface area contributed by atoms with Crippen LogP contribution in [0.25, 0.3) is 0 Å². The minimum atomic E-state index is -0.118. The van der Waals surface area contributed by atoms with E-state index in [0.29, 0.717) is 11.5 Å². The quantitative estimate of drug-likeness (QED) is 0.651. The highest BCUT2D eigenvalue weighted by Crippen LogP contribution is 2.32. The van der Waals surface area contributed by atoms with Gasteiger partial charge in [0.05, 0.1) is 20.3 Å². The van der Waals surface area contributed by atoms with Crippen molar-refractivity contribution in [3.8, 4) is 11.5 Å². The van der Waals surface area contributed by atoms with E-state index in [1.54, 1.807) is 14.2 Å². The van der Waals surface area contributed by atoms with Crippen LogP contribution in [-0.2, 0) is 0 Å². The summed E-state index contributed by atoms with van der Waals surface area (Å²) in [5.74, 6) is 7.09. The normalized spacial score (nSPS) is 12.0. The maximum absolute atomic E-state index is 5.71. The molecule has 0 bridgehead atoms. The Morgan fingerprint density at radius 1 is 1.00 bits per heavy atom. The number of rotatable bonds is 5. The summed E-state index contributed by atoms with van der Waals surface area (Å²) >= 11 is 3.47. The maximum Gasteiger partial charge on any atom is 0.161 e. The van der Waals surface area contributed by atoms with E-state index in [1.165, 1.54) is 0 Å². The second kappa shape index (κ2) is 6.74. The van der Waals surface area contributed by atoms with Crippen LogP contribution >= 0.6 is 15.9 Å². The molecule has 3 N–H and O–H groups in total. The number of nitrogens with two attached hydrogens (primary N) is 1. The first-order valence-corrected chi connectivity index (χ1v) is 6.92. The molecule has 0 fully saturated rings. The molecule has 1 unspecified atom stereocenters. The minimum absolute atomic E-state index is 0.118. The molecule has 0 radical (unpaired) electrons. The zero-order valence-corrected chi connectivity index (χ0v) is 13.0. The zero-order valence-electron chi connectivity index (χ0n) is 11.4. The summed E-state index contributed by atoms with van der Waals surface area (Å²) in [6.07, 6.45) is 0. The van der Waals surface area contributed by atoms with E-state index in [9.17, 15) is 0 Å². The molecule has 0 aromatic heterocycles. The molecule has 0 spiro atoms. The first kappa shape index (κ1) is 14.8. The van der Waals surface area contributed by atoms with Crippen LogP contribution in [0, 0.1) is 0 Å². The van der Waals surface area contributed by atoms with Crippen molar-refractivity contribution in [2.45, 2.75) is 6.04 Å². The molecule has 106 valence electrons. The third-order valence-electron chi connectivity index (χ3n) is 3.09. The number of benzene rings is 2. The standard InChI is InChI=1S/C15H17BrN2O2/c1-19-13-7-6-11(9-14(13)20-2)15(18-17)10-4-3-5-12(16)8-10/h3-9,15,18H,17H2,1-2H3. The summed E-state index contributed by atoms with van der Waals surface area (Å²) in [6, 6.07) is 13.6. The summed E-state index contributed by atoms with van der Waals surface area (Å²) < 4.78 is 11.6. The Balaban J connectivity index is 2.41. The lowest BCUT2D eigenvalue weighted by molar-refractivity contribution is 0.354. The first-order chi connectivity index (χ1) is 9.69. The fourth-order valence-electron chi connectivity index (χ4n) is 2.10. The van der Waals surface area contributed by atoms with Crippen molar-refractivity contribution in [2.75, 3.05) is 14.2 Å². The van der Waals surface area contributed by atoms with Gasteiger partial charge >= 0.3 is 0 Å². The third kappa shape index (κ3) is 3.12. The molecule has 0 aliphatic rings. The van der Waals surface area contributed by atoms with Gasteiger partial charge in [0.25, 0.3) is 0 Å². The van der Waals surface area contributed by atoms with Crippen molar-refractivity contribution in [3.63, 3.8) is 0 Å².